The number of nitrogens with one attached hydrogen (secondary N) is 1. The van der Waals surface area contributed by atoms with Crippen molar-refractivity contribution >= 4 is 21.6 Å². The third-order valence-corrected chi connectivity index (χ3v) is 5.43. The van der Waals surface area contributed by atoms with E-state index in [9.17, 15) is 22.0 Å². The highest BCUT2D eigenvalue weighted by molar-refractivity contribution is 7.90. The molecule has 3 rings (SSSR count). The quantitative estimate of drug-likeness (QED) is 0.612. The van der Waals surface area contributed by atoms with Gasteiger partial charge in [0.15, 0.2) is 0 Å². The highest BCUT2D eigenvalue weighted by Gasteiger charge is 2.24. The molecular weight excluding hydrogens is 416 g/mol. The first kappa shape index (κ1) is 21.3. The molecule has 156 valence electrons. The molecule has 0 radical (unpaired) electrons. The molecule has 0 aliphatic heterocycles. The zero-order chi connectivity index (χ0) is 21.7. The van der Waals surface area contributed by atoms with E-state index >= 15 is 0 Å². The molecule has 7 nitrogen and oxygen atoms in total. The number of benzene rings is 2. The summed E-state index contributed by atoms with van der Waals surface area (Å²) in [5.74, 6) is -3.77. The Morgan fingerprint density at radius 1 is 1.07 bits per heavy atom. The van der Waals surface area contributed by atoms with Gasteiger partial charge < -0.3 is 10.1 Å². The maximum Gasteiger partial charge on any atom is 0.337 e. The van der Waals surface area contributed by atoms with Crippen LogP contribution in [0.25, 0.3) is 11.3 Å². The van der Waals surface area contributed by atoms with E-state index < -0.39 is 27.3 Å². The number of alkyl halides is 2. The van der Waals surface area contributed by atoms with Gasteiger partial charge in [0.05, 0.1) is 18.6 Å². The van der Waals surface area contributed by atoms with Crippen LogP contribution in [0.4, 0.5) is 14.6 Å². The van der Waals surface area contributed by atoms with Crippen LogP contribution < -0.4 is 10.1 Å². The molecule has 30 heavy (non-hydrogen) atoms. The molecule has 1 N–H and O–H groups in total. The van der Waals surface area contributed by atoms with Crippen LogP contribution in [0.2, 0.25) is 0 Å². The number of sulfone groups is 1. The summed E-state index contributed by atoms with van der Waals surface area (Å²) in [4.78, 5) is 20.6. The largest absolute Gasteiger partial charge is 0.497 e. The summed E-state index contributed by atoms with van der Waals surface area (Å²) in [7, 11) is -2.96. The Morgan fingerprint density at radius 2 is 1.73 bits per heavy atom. The number of anilines is 1. The predicted octanol–water partition coefficient (Wildman–Crippen LogP) is 3.54. The van der Waals surface area contributed by atoms with E-state index in [-0.39, 0.29) is 16.9 Å². The summed E-state index contributed by atoms with van der Waals surface area (Å²) in [6.45, 7) is 0. The lowest BCUT2D eigenvalue weighted by atomic mass is 10.1. The predicted molar refractivity (Wildman–Crippen MR) is 107 cm³/mol. The van der Waals surface area contributed by atoms with Crippen LogP contribution in [0.5, 0.6) is 5.75 Å². The van der Waals surface area contributed by atoms with Crippen molar-refractivity contribution in [3.63, 3.8) is 0 Å². The number of hydrogen-bond acceptors (Lipinski definition) is 6. The zero-order valence-electron chi connectivity index (χ0n) is 15.7. The number of hydrogen-bond donors (Lipinski definition) is 1. The van der Waals surface area contributed by atoms with Gasteiger partial charge in [-0.25, -0.2) is 18.4 Å². The summed E-state index contributed by atoms with van der Waals surface area (Å²) in [6.07, 6.45) is 1.31. The van der Waals surface area contributed by atoms with E-state index in [2.05, 4.69) is 15.3 Å². The van der Waals surface area contributed by atoms with Crippen LogP contribution in [0.3, 0.4) is 0 Å². The Morgan fingerprint density at radius 3 is 2.33 bits per heavy atom. The molecule has 1 amide bonds. The van der Waals surface area contributed by atoms with Crippen molar-refractivity contribution in [2.75, 3.05) is 12.4 Å². The second kappa shape index (κ2) is 8.95. The van der Waals surface area contributed by atoms with Crippen LogP contribution in [0.15, 0.2) is 60.9 Å². The van der Waals surface area contributed by atoms with E-state index in [0.717, 1.165) is 5.56 Å². The summed E-state index contributed by atoms with van der Waals surface area (Å²) in [5, 5.41) is 2.62. The smallest absolute Gasteiger partial charge is 0.337 e. The van der Waals surface area contributed by atoms with Crippen LogP contribution in [0, 0.1) is 0 Å². The fourth-order valence-electron chi connectivity index (χ4n) is 2.58. The average Bonchev–Trinajstić information content (AvgIpc) is 2.74. The number of methoxy groups -OCH3 is 1. The molecule has 2 aromatic carbocycles. The highest BCUT2D eigenvalue weighted by atomic mass is 32.2. The molecule has 1 heterocycles. The first-order valence-electron chi connectivity index (χ1n) is 8.65. The molecule has 0 bridgehead atoms. The van der Waals surface area contributed by atoms with E-state index in [4.69, 9.17) is 4.74 Å². The van der Waals surface area contributed by atoms with Gasteiger partial charge in [-0.05, 0) is 42.0 Å². The summed E-state index contributed by atoms with van der Waals surface area (Å²) in [6, 6.07) is 14.2. The van der Waals surface area contributed by atoms with E-state index in [1.54, 1.807) is 25.3 Å². The number of carbonyl (C=O) groups is 1. The Bertz CT molecular complexity index is 1140. The van der Waals surface area contributed by atoms with E-state index in [0.29, 0.717) is 11.4 Å². The SMILES string of the molecule is COc1ccc(-c2cc(NC(=O)c3ccc(CS(=O)(=O)C(F)F)cc3)ncn2)cc1. The van der Waals surface area contributed by atoms with Crippen LogP contribution in [-0.2, 0) is 15.6 Å². The van der Waals surface area contributed by atoms with Gasteiger partial charge in [-0.2, -0.15) is 8.78 Å². The summed E-state index contributed by atoms with van der Waals surface area (Å²) < 4.78 is 52.6. The maximum atomic E-state index is 12.5. The lowest BCUT2D eigenvalue weighted by Crippen LogP contribution is -2.15. The molecule has 0 saturated carbocycles. The number of nitrogens with zero attached hydrogens (tertiary/aromatic N) is 2. The molecule has 10 heteroatoms. The minimum Gasteiger partial charge on any atom is -0.497 e. The standard InChI is InChI=1S/C20H17F2N3O4S/c1-29-16-8-6-14(7-9-16)17-10-18(24-12-23-17)25-19(26)15-4-2-13(3-5-15)11-30(27,28)20(21)22/h2-10,12,20H,11H2,1H3,(H,23,24,25,26). The molecule has 0 fully saturated rings. The van der Waals surface area contributed by atoms with Crippen molar-refractivity contribution in [2.45, 2.75) is 11.5 Å². The lowest BCUT2D eigenvalue weighted by Gasteiger charge is -2.08. The van der Waals surface area contributed by atoms with Gasteiger partial charge in [0.1, 0.15) is 17.9 Å². The van der Waals surface area contributed by atoms with Crippen LogP contribution in [0.1, 0.15) is 15.9 Å². The first-order valence-corrected chi connectivity index (χ1v) is 10.4. The summed E-state index contributed by atoms with van der Waals surface area (Å²) in [5.41, 5.74) is 1.78. The number of amides is 1. The number of carbonyl (C=O) groups excluding carboxylic acids is 1. The van der Waals surface area contributed by atoms with Gasteiger partial charge in [0, 0.05) is 17.2 Å². The normalized spacial score (nSPS) is 11.3. The number of rotatable bonds is 7. The fraction of sp³-hybridized carbons (Fsp3) is 0.150. The van der Waals surface area contributed by atoms with Gasteiger partial charge in [0.25, 0.3) is 5.91 Å². The number of ether oxygens (including phenoxy) is 1. The number of halogens is 2. The van der Waals surface area contributed by atoms with Gasteiger partial charge in [-0.3, -0.25) is 4.79 Å². The first-order chi connectivity index (χ1) is 14.3. The third kappa shape index (κ3) is 5.15. The highest BCUT2D eigenvalue weighted by Crippen LogP contribution is 2.22. The molecule has 0 atom stereocenters. The maximum absolute atomic E-state index is 12.5. The fourth-order valence-corrected chi connectivity index (χ4v) is 3.36. The van der Waals surface area contributed by atoms with Crippen LogP contribution >= 0.6 is 0 Å². The second-order valence-corrected chi connectivity index (χ2v) is 8.21. The molecule has 0 aliphatic carbocycles. The van der Waals surface area contributed by atoms with Gasteiger partial charge >= 0.3 is 5.76 Å². The topological polar surface area (TPSA) is 98.2 Å². The van der Waals surface area contributed by atoms with Crippen LogP contribution in [-0.4, -0.2) is 37.2 Å². The van der Waals surface area contributed by atoms with Crippen molar-refractivity contribution in [1.29, 1.82) is 0 Å². The van der Waals surface area contributed by atoms with Crippen molar-refractivity contribution in [1.82, 2.24) is 9.97 Å². The number of aromatic nitrogens is 2. The molecule has 3 aromatic rings. The van der Waals surface area contributed by atoms with E-state index in [1.807, 2.05) is 12.1 Å². The van der Waals surface area contributed by atoms with Gasteiger partial charge in [0.2, 0.25) is 9.84 Å². The Hall–Kier alpha value is -3.40. The Kier molecular flexibility index (Phi) is 6.36. The molecule has 0 spiro atoms. The second-order valence-electron chi connectivity index (χ2n) is 6.24. The molecule has 0 aliphatic rings. The minimum absolute atomic E-state index is 0.163. The average molecular weight is 433 g/mol. The molecular formula is C20H17F2N3O4S. The van der Waals surface area contributed by atoms with Crippen molar-refractivity contribution in [3.05, 3.63) is 72.1 Å². The Labute approximate surface area is 171 Å². The molecule has 0 saturated heterocycles. The molecule has 0 unspecified atom stereocenters. The third-order valence-electron chi connectivity index (χ3n) is 4.15. The minimum atomic E-state index is -4.53. The van der Waals surface area contributed by atoms with Crippen molar-refractivity contribution in [3.8, 4) is 17.0 Å². The summed E-state index contributed by atoms with van der Waals surface area (Å²) >= 11 is 0. The van der Waals surface area contributed by atoms with Gasteiger partial charge in [-0.1, -0.05) is 12.1 Å². The Balaban J connectivity index is 1.71. The van der Waals surface area contributed by atoms with Gasteiger partial charge in [-0.15, -0.1) is 0 Å². The van der Waals surface area contributed by atoms with Crippen molar-refractivity contribution in [2.24, 2.45) is 0 Å². The van der Waals surface area contributed by atoms with Crippen molar-refractivity contribution < 1.29 is 26.7 Å². The van der Waals surface area contributed by atoms with E-state index in [1.165, 1.54) is 30.6 Å². The molecule has 1 aromatic heterocycles. The monoisotopic (exact) mass is 433 g/mol. The lowest BCUT2D eigenvalue weighted by molar-refractivity contribution is 0.102. The zero-order valence-corrected chi connectivity index (χ0v) is 16.6.